The van der Waals surface area contributed by atoms with Gasteiger partial charge < -0.3 is 10.0 Å². The summed E-state index contributed by atoms with van der Waals surface area (Å²) in [4.78, 5) is 43.7. The average molecular weight is 709 g/mol. The monoisotopic (exact) mass is 708 g/mol. The summed E-state index contributed by atoms with van der Waals surface area (Å²) in [6, 6.07) is 33.5. The van der Waals surface area contributed by atoms with Crippen molar-refractivity contribution in [2.75, 3.05) is 24.2 Å². The van der Waals surface area contributed by atoms with Gasteiger partial charge in [0.2, 0.25) is 15.9 Å². The highest BCUT2D eigenvalue weighted by Gasteiger charge is 2.40. The number of hydrogen-bond acceptors (Lipinski definition) is 6. The maximum absolute atomic E-state index is 14.2. The molecule has 51 heavy (non-hydrogen) atoms. The number of rotatable bonds is 15. The van der Waals surface area contributed by atoms with Crippen LogP contribution in [-0.4, -0.2) is 61.9 Å². The van der Waals surface area contributed by atoms with E-state index in [0.29, 0.717) is 25.9 Å². The van der Waals surface area contributed by atoms with Gasteiger partial charge in [-0.25, -0.2) is 8.42 Å². The number of anilines is 1. The Bertz CT molecular complexity index is 1920. The minimum Gasteiger partial charge on any atom is -0.392 e. The summed E-state index contributed by atoms with van der Waals surface area (Å²) < 4.78 is 26.2. The summed E-state index contributed by atoms with van der Waals surface area (Å²) in [5, 5.41) is 12.0. The van der Waals surface area contributed by atoms with Crippen molar-refractivity contribution in [2.45, 2.75) is 58.1 Å². The van der Waals surface area contributed by atoms with Crippen LogP contribution in [0.15, 0.2) is 109 Å². The summed E-state index contributed by atoms with van der Waals surface area (Å²) in [6.07, 6.45) is 0.868. The number of nitrogens with zero attached hydrogens (tertiary/aromatic N) is 2. The van der Waals surface area contributed by atoms with Gasteiger partial charge >= 0.3 is 0 Å². The number of piperidine rings is 1. The van der Waals surface area contributed by atoms with Crippen molar-refractivity contribution in [3.05, 3.63) is 137 Å². The van der Waals surface area contributed by atoms with E-state index in [-0.39, 0.29) is 59.0 Å². The van der Waals surface area contributed by atoms with Crippen LogP contribution < -0.4 is 4.31 Å². The normalized spacial score (nSPS) is 18.1. The molecule has 1 N–H and O–H groups in total. The predicted octanol–water partition coefficient (Wildman–Crippen LogP) is 6.94. The molecule has 0 spiro atoms. The quantitative estimate of drug-likeness (QED) is 0.134. The largest absolute Gasteiger partial charge is 0.392 e. The number of likely N-dealkylation sites (tertiary alicyclic amines) is 1. The third-order valence-electron chi connectivity index (χ3n) is 10.0. The molecule has 1 aliphatic rings. The van der Waals surface area contributed by atoms with Crippen molar-refractivity contribution >= 4 is 33.2 Å². The van der Waals surface area contributed by atoms with Gasteiger partial charge in [0.1, 0.15) is 0 Å². The molecular formula is C42H48N2O6S. The van der Waals surface area contributed by atoms with Gasteiger partial charge in [-0.15, -0.1) is 0 Å². The van der Waals surface area contributed by atoms with Gasteiger partial charge in [0.15, 0.2) is 11.6 Å². The summed E-state index contributed by atoms with van der Waals surface area (Å²) in [5.74, 6) is -1.96. The van der Waals surface area contributed by atoms with Crippen molar-refractivity contribution in [2.24, 2.45) is 17.8 Å². The highest BCUT2D eigenvalue weighted by Crippen LogP contribution is 2.34. The lowest BCUT2D eigenvalue weighted by Gasteiger charge is -2.40. The second kappa shape index (κ2) is 16.6. The van der Waals surface area contributed by atoms with Crippen molar-refractivity contribution in [1.82, 2.24) is 4.90 Å². The molecule has 0 aromatic heterocycles. The Morgan fingerprint density at radius 1 is 0.843 bits per heavy atom. The fraction of sp³-hybridized carbons (Fsp3) is 0.357. The number of aliphatic hydroxyl groups is 1. The molecule has 4 aromatic rings. The Morgan fingerprint density at radius 3 is 1.94 bits per heavy atom. The van der Waals surface area contributed by atoms with Crippen molar-refractivity contribution in [3.8, 4) is 0 Å². The van der Waals surface area contributed by atoms with E-state index in [1.54, 1.807) is 4.90 Å². The highest BCUT2D eigenvalue weighted by molar-refractivity contribution is 7.92. The molecule has 1 saturated heterocycles. The second-order valence-corrected chi connectivity index (χ2v) is 16.2. The van der Waals surface area contributed by atoms with E-state index in [0.717, 1.165) is 27.3 Å². The van der Waals surface area contributed by atoms with Gasteiger partial charge in [-0.1, -0.05) is 105 Å². The number of sulfonamides is 1. The first-order valence-corrected chi connectivity index (χ1v) is 19.4. The second-order valence-electron chi connectivity index (χ2n) is 14.2. The maximum atomic E-state index is 14.2. The predicted molar refractivity (Wildman–Crippen MR) is 201 cm³/mol. The van der Waals surface area contributed by atoms with E-state index in [2.05, 4.69) is 6.92 Å². The molecule has 1 fully saturated rings. The van der Waals surface area contributed by atoms with Gasteiger partial charge in [0.25, 0.3) is 0 Å². The Hall–Kier alpha value is -4.60. The number of Topliss-reactive ketones (excluding diaryl/α,β-unsaturated/α-hetero) is 2. The number of hydrogen-bond donors (Lipinski definition) is 1. The average Bonchev–Trinajstić information content (AvgIpc) is 3.12. The number of benzene rings is 4. The molecule has 4 aromatic carbocycles. The third-order valence-corrected chi connectivity index (χ3v) is 11.2. The minimum absolute atomic E-state index is 0.101. The zero-order chi connectivity index (χ0) is 36.7. The first kappa shape index (κ1) is 37.7. The first-order chi connectivity index (χ1) is 24.3. The minimum atomic E-state index is -3.71. The van der Waals surface area contributed by atoms with Gasteiger partial charge in [-0.05, 0) is 65.5 Å². The highest BCUT2D eigenvalue weighted by atomic mass is 32.2. The van der Waals surface area contributed by atoms with Gasteiger partial charge in [0.05, 0.1) is 24.0 Å². The lowest BCUT2D eigenvalue weighted by Crippen LogP contribution is -2.50. The van der Waals surface area contributed by atoms with E-state index >= 15 is 0 Å². The molecule has 0 aliphatic carbocycles. The Morgan fingerprint density at radius 2 is 1.37 bits per heavy atom. The molecule has 1 heterocycles. The van der Waals surface area contributed by atoms with Crippen LogP contribution in [0.3, 0.4) is 0 Å². The zero-order valence-electron chi connectivity index (χ0n) is 29.8. The van der Waals surface area contributed by atoms with Crippen LogP contribution in [0.5, 0.6) is 0 Å². The van der Waals surface area contributed by atoms with Gasteiger partial charge in [-0.3, -0.25) is 18.7 Å². The van der Waals surface area contributed by atoms with E-state index in [1.807, 2.05) is 97.9 Å². The summed E-state index contributed by atoms with van der Waals surface area (Å²) in [7, 11) is -2.32. The molecule has 1 unspecified atom stereocenters. The van der Waals surface area contributed by atoms with Gasteiger partial charge in [0, 0.05) is 44.1 Å². The fourth-order valence-electron chi connectivity index (χ4n) is 7.06. The SMILES string of the molecule is CC1C[C@@H]([C@@H](O)[C@@H](CC(=O)c2cc(C(=O)C[C@H](C)c3ccccc3)cc(N(C)S(C)(=O)=O)c2)Cc2ccccc2)C(=O)N(Cc2ccccc2)C1. The molecule has 1 amide bonds. The molecule has 8 nitrogen and oxygen atoms in total. The van der Waals surface area contributed by atoms with Crippen LogP contribution in [0.4, 0.5) is 5.69 Å². The molecule has 9 heteroatoms. The molecule has 1 aliphatic heterocycles. The van der Waals surface area contributed by atoms with Crippen LogP contribution in [0.2, 0.25) is 0 Å². The summed E-state index contributed by atoms with van der Waals surface area (Å²) >= 11 is 0. The fourth-order valence-corrected chi connectivity index (χ4v) is 7.55. The number of carbonyl (C=O) groups is 3. The number of amides is 1. The third kappa shape index (κ3) is 9.80. The molecule has 0 saturated carbocycles. The van der Waals surface area contributed by atoms with E-state index in [4.69, 9.17) is 0 Å². The smallest absolute Gasteiger partial charge is 0.231 e. The Labute approximate surface area is 302 Å². The van der Waals surface area contributed by atoms with Gasteiger partial charge in [-0.2, -0.15) is 0 Å². The van der Waals surface area contributed by atoms with Crippen LogP contribution in [0, 0.1) is 17.8 Å². The molecule has 5 rings (SSSR count). The van der Waals surface area contributed by atoms with Crippen LogP contribution in [0.25, 0.3) is 0 Å². The van der Waals surface area contributed by atoms with Crippen molar-refractivity contribution in [3.63, 3.8) is 0 Å². The molecule has 268 valence electrons. The maximum Gasteiger partial charge on any atom is 0.231 e. The van der Waals surface area contributed by atoms with E-state index in [1.165, 1.54) is 25.2 Å². The Kier molecular flexibility index (Phi) is 12.3. The van der Waals surface area contributed by atoms with Crippen LogP contribution >= 0.6 is 0 Å². The van der Waals surface area contributed by atoms with Crippen LogP contribution in [-0.2, 0) is 27.8 Å². The Balaban J connectivity index is 1.45. The molecular weight excluding hydrogens is 661 g/mol. The van der Waals surface area contributed by atoms with Crippen molar-refractivity contribution < 1.29 is 27.9 Å². The van der Waals surface area contributed by atoms with E-state index in [9.17, 15) is 27.9 Å². The first-order valence-electron chi connectivity index (χ1n) is 17.5. The number of aliphatic hydroxyl groups excluding tert-OH is 1. The lowest BCUT2D eigenvalue weighted by atomic mass is 9.77. The molecule has 0 bridgehead atoms. The topological polar surface area (TPSA) is 112 Å². The lowest BCUT2D eigenvalue weighted by molar-refractivity contribution is -0.147. The molecule has 5 atom stereocenters. The number of ketones is 2. The van der Waals surface area contributed by atoms with E-state index < -0.39 is 28.0 Å². The molecule has 0 radical (unpaired) electrons. The summed E-state index contributed by atoms with van der Waals surface area (Å²) in [5.41, 5.74) is 3.54. The zero-order valence-corrected chi connectivity index (χ0v) is 30.6. The van der Waals surface area contributed by atoms with Crippen LogP contribution in [0.1, 0.15) is 76.4 Å². The summed E-state index contributed by atoms with van der Waals surface area (Å²) in [6.45, 7) is 5.05. The number of carbonyl (C=O) groups excluding carboxylic acids is 3. The van der Waals surface area contributed by atoms with Crippen molar-refractivity contribution in [1.29, 1.82) is 0 Å². The standard InChI is InChI=1S/C42H48N2O6S/c1-29-20-38(42(48)44(27-29)28-32-16-10-6-11-17-32)41(47)36(22-31-14-8-5-9-15-31)26-40(46)35-23-34(24-37(25-35)43(3)51(4,49)50)39(45)21-30(2)33-18-12-7-13-19-33/h5-19,23-25,29-30,36,38,41,47H,20-22,26-28H2,1-4H3/t29?,30-,36+,38-,41-/m0/s1.